The summed E-state index contributed by atoms with van der Waals surface area (Å²) in [5.41, 5.74) is -1.21. The second-order valence-corrected chi connectivity index (χ2v) is 5.30. The van der Waals surface area contributed by atoms with Crippen molar-refractivity contribution in [1.29, 1.82) is 5.26 Å². The Bertz CT molecular complexity index is 752. The summed E-state index contributed by atoms with van der Waals surface area (Å²) in [5, 5.41) is 25.3. The van der Waals surface area contributed by atoms with Crippen LogP contribution in [0.2, 0.25) is 5.02 Å². The quantitative estimate of drug-likeness (QED) is 0.900. The number of nitriles is 1. The van der Waals surface area contributed by atoms with Gasteiger partial charge in [0.1, 0.15) is 0 Å². The van der Waals surface area contributed by atoms with Crippen LogP contribution >= 0.6 is 11.6 Å². The van der Waals surface area contributed by atoms with Gasteiger partial charge in [-0.3, -0.25) is 9.48 Å². The van der Waals surface area contributed by atoms with Gasteiger partial charge in [-0.1, -0.05) is 11.6 Å². The summed E-state index contributed by atoms with van der Waals surface area (Å²) in [6, 6.07) is 6.26. The highest BCUT2D eigenvalue weighted by Gasteiger charge is 2.31. The fraction of sp³-hybridized carbons (Fsp3) is 0.214. The van der Waals surface area contributed by atoms with Gasteiger partial charge in [0.05, 0.1) is 41.3 Å². The molecule has 0 unspecified atom stereocenters. The minimum atomic E-state index is -1.82. The molecule has 1 atom stereocenters. The fourth-order valence-corrected chi connectivity index (χ4v) is 1.98. The first kappa shape index (κ1) is 15.9. The number of anilines is 1. The number of hydrogen-bond donors (Lipinski definition) is 2. The van der Waals surface area contributed by atoms with Gasteiger partial charge in [-0.05, 0) is 25.1 Å². The molecule has 2 rings (SSSR count). The standard InChI is InChI=1S/C14H12ClFN4O2/c1-14(22,8-20-7-10(16)6-18-20)13(21)19-12-3-2-9(5-17)4-11(12)15/h2-4,6-7,22H,8H2,1H3,(H,19,21)/t14-/m0/s1. The van der Waals surface area contributed by atoms with Crippen molar-refractivity contribution in [2.45, 2.75) is 19.1 Å². The molecule has 0 fully saturated rings. The molecule has 1 aromatic heterocycles. The van der Waals surface area contributed by atoms with Gasteiger partial charge in [0.2, 0.25) is 0 Å². The van der Waals surface area contributed by atoms with E-state index >= 15 is 0 Å². The van der Waals surface area contributed by atoms with Crippen LogP contribution in [0.15, 0.2) is 30.6 Å². The second kappa shape index (κ2) is 6.13. The van der Waals surface area contributed by atoms with E-state index in [1.807, 2.05) is 6.07 Å². The molecule has 0 saturated heterocycles. The minimum Gasteiger partial charge on any atom is -0.378 e. The van der Waals surface area contributed by atoms with Gasteiger partial charge in [-0.2, -0.15) is 10.4 Å². The van der Waals surface area contributed by atoms with E-state index in [1.165, 1.54) is 25.1 Å². The summed E-state index contributed by atoms with van der Waals surface area (Å²) in [4.78, 5) is 12.1. The van der Waals surface area contributed by atoms with Crippen molar-refractivity contribution in [2.24, 2.45) is 0 Å². The second-order valence-electron chi connectivity index (χ2n) is 4.89. The van der Waals surface area contributed by atoms with Crippen LogP contribution in [0.3, 0.4) is 0 Å². The SMILES string of the molecule is C[C@](O)(Cn1cc(F)cn1)C(=O)Nc1ccc(C#N)cc1Cl. The van der Waals surface area contributed by atoms with E-state index in [0.29, 0.717) is 5.56 Å². The Kier molecular flexibility index (Phi) is 4.45. The van der Waals surface area contributed by atoms with E-state index in [0.717, 1.165) is 17.1 Å². The molecular formula is C14H12ClFN4O2. The third-order valence-electron chi connectivity index (χ3n) is 2.91. The number of rotatable bonds is 4. The number of aliphatic hydroxyl groups is 1. The molecule has 8 heteroatoms. The van der Waals surface area contributed by atoms with Gasteiger partial charge < -0.3 is 10.4 Å². The maximum absolute atomic E-state index is 12.9. The zero-order chi connectivity index (χ0) is 16.3. The van der Waals surface area contributed by atoms with Crippen molar-refractivity contribution in [2.75, 3.05) is 5.32 Å². The van der Waals surface area contributed by atoms with Crippen molar-refractivity contribution < 1.29 is 14.3 Å². The molecule has 2 N–H and O–H groups in total. The number of halogens is 2. The average Bonchev–Trinajstić information content (AvgIpc) is 2.85. The fourth-order valence-electron chi connectivity index (χ4n) is 1.76. The maximum atomic E-state index is 12.9. The van der Waals surface area contributed by atoms with Crippen molar-refractivity contribution >= 4 is 23.2 Å². The van der Waals surface area contributed by atoms with Crippen molar-refractivity contribution in [1.82, 2.24) is 9.78 Å². The number of carbonyl (C=O) groups excluding carboxylic acids is 1. The topological polar surface area (TPSA) is 90.9 Å². The normalized spacial score (nSPS) is 13.2. The molecular weight excluding hydrogens is 311 g/mol. The lowest BCUT2D eigenvalue weighted by Crippen LogP contribution is -2.43. The van der Waals surface area contributed by atoms with Crippen LogP contribution in [0, 0.1) is 17.1 Å². The van der Waals surface area contributed by atoms with Gasteiger partial charge in [0, 0.05) is 0 Å². The molecule has 0 saturated carbocycles. The van der Waals surface area contributed by atoms with Crippen molar-refractivity contribution in [3.63, 3.8) is 0 Å². The lowest BCUT2D eigenvalue weighted by atomic mass is 10.1. The number of benzene rings is 1. The van der Waals surface area contributed by atoms with Gasteiger partial charge >= 0.3 is 0 Å². The molecule has 0 aliphatic carbocycles. The van der Waals surface area contributed by atoms with Crippen LogP contribution in [-0.2, 0) is 11.3 Å². The Morgan fingerprint density at radius 2 is 2.36 bits per heavy atom. The zero-order valence-corrected chi connectivity index (χ0v) is 12.3. The molecule has 114 valence electrons. The van der Waals surface area contributed by atoms with E-state index in [1.54, 1.807) is 0 Å². The Balaban J connectivity index is 2.12. The Morgan fingerprint density at radius 1 is 1.64 bits per heavy atom. The Hall–Kier alpha value is -2.43. The molecule has 0 bridgehead atoms. The highest BCUT2D eigenvalue weighted by atomic mass is 35.5. The first-order valence-corrected chi connectivity index (χ1v) is 6.61. The van der Waals surface area contributed by atoms with Crippen LogP contribution in [-0.4, -0.2) is 26.4 Å². The lowest BCUT2D eigenvalue weighted by molar-refractivity contribution is -0.133. The molecule has 1 heterocycles. The van der Waals surface area contributed by atoms with Crippen LogP contribution < -0.4 is 5.32 Å². The van der Waals surface area contributed by atoms with Crippen LogP contribution in [0.5, 0.6) is 0 Å². The average molecular weight is 323 g/mol. The predicted octanol–water partition coefficient (Wildman–Crippen LogP) is 1.94. The number of nitrogens with one attached hydrogen (secondary N) is 1. The molecule has 0 spiro atoms. The van der Waals surface area contributed by atoms with E-state index in [9.17, 15) is 14.3 Å². The predicted molar refractivity (Wildman–Crippen MR) is 77.6 cm³/mol. The maximum Gasteiger partial charge on any atom is 0.258 e. The number of carbonyl (C=O) groups is 1. The first-order chi connectivity index (χ1) is 10.3. The minimum absolute atomic E-state index is 0.174. The highest BCUT2D eigenvalue weighted by molar-refractivity contribution is 6.33. The first-order valence-electron chi connectivity index (χ1n) is 6.23. The molecule has 1 aromatic carbocycles. The monoisotopic (exact) mass is 322 g/mol. The van der Waals surface area contributed by atoms with E-state index in [2.05, 4.69) is 10.4 Å². The summed E-state index contributed by atoms with van der Waals surface area (Å²) in [5.74, 6) is -1.29. The molecule has 0 aliphatic heterocycles. The third-order valence-corrected chi connectivity index (χ3v) is 3.22. The van der Waals surface area contributed by atoms with Gasteiger partial charge in [0.25, 0.3) is 5.91 Å². The highest BCUT2D eigenvalue weighted by Crippen LogP contribution is 2.24. The summed E-state index contributed by atoms with van der Waals surface area (Å²) in [6.45, 7) is 1.05. The van der Waals surface area contributed by atoms with Gasteiger partial charge in [0.15, 0.2) is 11.4 Å². The third kappa shape index (κ3) is 3.61. The van der Waals surface area contributed by atoms with Crippen LogP contribution in [0.25, 0.3) is 0 Å². The number of amides is 1. The number of hydrogen-bond acceptors (Lipinski definition) is 4. The van der Waals surface area contributed by atoms with E-state index in [-0.39, 0.29) is 17.3 Å². The van der Waals surface area contributed by atoms with Gasteiger partial charge in [-0.15, -0.1) is 0 Å². The van der Waals surface area contributed by atoms with E-state index in [4.69, 9.17) is 16.9 Å². The number of nitrogens with zero attached hydrogens (tertiary/aromatic N) is 3. The van der Waals surface area contributed by atoms with Crippen molar-refractivity contribution in [3.8, 4) is 6.07 Å². The van der Waals surface area contributed by atoms with Crippen LogP contribution in [0.1, 0.15) is 12.5 Å². The smallest absolute Gasteiger partial charge is 0.258 e. The number of aromatic nitrogens is 2. The molecule has 2 aromatic rings. The summed E-state index contributed by atoms with van der Waals surface area (Å²) < 4.78 is 14.0. The largest absolute Gasteiger partial charge is 0.378 e. The summed E-state index contributed by atoms with van der Waals surface area (Å²) >= 11 is 5.95. The van der Waals surface area contributed by atoms with E-state index < -0.39 is 17.3 Å². The molecule has 6 nitrogen and oxygen atoms in total. The van der Waals surface area contributed by atoms with Crippen LogP contribution in [0.4, 0.5) is 10.1 Å². The molecule has 0 aliphatic rings. The zero-order valence-electron chi connectivity index (χ0n) is 11.5. The Morgan fingerprint density at radius 3 is 2.91 bits per heavy atom. The molecule has 1 amide bonds. The van der Waals surface area contributed by atoms with Gasteiger partial charge in [-0.25, -0.2) is 4.39 Å². The summed E-state index contributed by atoms with van der Waals surface area (Å²) in [7, 11) is 0. The summed E-state index contributed by atoms with van der Waals surface area (Å²) in [6.07, 6.45) is 2.04. The van der Waals surface area contributed by atoms with Crippen molar-refractivity contribution in [3.05, 3.63) is 47.0 Å². The Labute approximate surface area is 130 Å². The molecule has 22 heavy (non-hydrogen) atoms. The molecule has 0 radical (unpaired) electrons. The lowest BCUT2D eigenvalue weighted by Gasteiger charge is -2.22.